The van der Waals surface area contributed by atoms with Crippen LogP contribution >= 0.6 is 23.5 Å². The third kappa shape index (κ3) is 4.33. The van der Waals surface area contributed by atoms with Crippen molar-refractivity contribution in [2.24, 2.45) is 0 Å². The average Bonchev–Trinajstić information content (AvgIpc) is 3.55. The first kappa shape index (κ1) is 29.9. The highest BCUT2D eigenvalue weighted by atomic mass is 32.2. The van der Waals surface area contributed by atoms with E-state index < -0.39 is 5.41 Å². The third-order valence-corrected chi connectivity index (χ3v) is 13.2. The third-order valence-electron chi connectivity index (χ3n) is 10.9. The highest BCUT2D eigenvalue weighted by Gasteiger charge is 2.49. The fourth-order valence-corrected chi connectivity index (χ4v) is 11.0. The van der Waals surface area contributed by atoms with Crippen molar-refractivity contribution in [2.75, 3.05) is 0 Å². The largest absolute Gasteiger partial charge is 0.309 e. The van der Waals surface area contributed by atoms with Crippen LogP contribution in [0.2, 0.25) is 0 Å². The van der Waals surface area contributed by atoms with E-state index >= 15 is 0 Å². The quantitative estimate of drug-likeness (QED) is 0.181. The Labute approximate surface area is 311 Å². The Morgan fingerprint density at radius 3 is 1.48 bits per heavy atom. The fourth-order valence-electron chi connectivity index (χ4n) is 8.66. The predicted octanol–water partition coefficient (Wildman–Crippen LogP) is 13.4. The van der Waals surface area contributed by atoms with Gasteiger partial charge in [-0.05, 0) is 111 Å². The Hall–Kier alpha value is -5.74. The van der Waals surface area contributed by atoms with Gasteiger partial charge in [0.05, 0.1) is 16.4 Å². The lowest BCUT2D eigenvalue weighted by atomic mass is 9.64. The molecule has 0 aliphatic carbocycles. The highest BCUT2D eigenvalue weighted by Crippen LogP contribution is 2.62. The van der Waals surface area contributed by atoms with Crippen molar-refractivity contribution in [2.45, 2.75) is 25.0 Å². The van der Waals surface area contributed by atoms with Crippen molar-refractivity contribution >= 4 is 45.3 Å². The van der Waals surface area contributed by atoms with Gasteiger partial charge in [-0.3, -0.25) is 0 Å². The molecular formula is C49H31NS2. The van der Waals surface area contributed by atoms with Gasteiger partial charge in [0.25, 0.3) is 0 Å². The van der Waals surface area contributed by atoms with E-state index in [1.807, 2.05) is 23.5 Å². The molecule has 0 amide bonds. The molecule has 2 aliphatic heterocycles. The summed E-state index contributed by atoms with van der Waals surface area (Å²) in [6.45, 7) is 0. The van der Waals surface area contributed by atoms with Gasteiger partial charge in [0.2, 0.25) is 0 Å². The van der Waals surface area contributed by atoms with Gasteiger partial charge in [0.1, 0.15) is 0 Å². The summed E-state index contributed by atoms with van der Waals surface area (Å²) in [7, 11) is 0. The van der Waals surface area contributed by atoms with Gasteiger partial charge >= 0.3 is 0 Å². The van der Waals surface area contributed by atoms with Crippen molar-refractivity contribution in [3.05, 3.63) is 210 Å². The van der Waals surface area contributed by atoms with E-state index in [9.17, 15) is 0 Å². The molecule has 0 saturated carbocycles. The lowest BCUT2D eigenvalue weighted by molar-refractivity contribution is 0.668. The molecule has 9 aromatic rings. The Bertz CT molecular complexity index is 2810. The van der Waals surface area contributed by atoms with Gasteiger partial charge in [-0.15, -0.1) is 0 Å². The van der Waals surface area contributed by atoms with Gasteiger partial charge in [-0.25, -0.2) is 0 Å². The van der Waals surface area contributed by atoms with Gasteiger partial charge in [-0.1, -0.05) is 145 Å². The van der Waals surface area contributed by atoms with E-state index in [1.54, 1.807) is 0 Å². The molecule has 0 bridgehead atoms. The van der Waals surface area contributed by atoms with Crippen molar-refractivity contribution in [1.82, 2.24) is 4.57 Å². The molecule has 0 N–H and O–H groups in total. The van der Waals surface area contributed by atoms with Crippen molar-refractivity contribution < 1.29 is 0 Å². The number of hydrogen-bond acceptors (Lipinski definition) is 2. The molecule has 244 valence electrons. The Morgan fingerprint density at radius 1 is 0.327 bits per heavy atom. The van der Waals surface area contributed by atoms with Crippen molar-refractivity contribution in [3.8, 4) is 27.9 Å². The Kier molecular flexibility index (Phi) is 6.70. The Morgan fingerprint density at radius 2 is 0.808 bits per heavy atom. The number of nitrogens with zero attached hydrogens (tertiary/aromatic N) is 1. The predicted molar refractivity (Wildman–Crippen MR) is 218 cm³/mol. The molecule has 8 aromatic carbocycles. The highest BCUT2D eigenvalue weighted by molar-refractivity contribution is 8.00. The van der Waals surface area contributed by atoms with Crippen molar-refractivity contribution in [3.63, 3.8) is 0 Å². The maximum absolute atomic E-state index is 2.50. The minimum atomic E-state index is -0.484. The van der Waals surface area contributed by atoms with Crippen LogP contribution in [-0.4, -0.2) is 4.57 Å². The van der Waals surface area contributed by atoms with Crippen LogP contribution < -0.4 is 0 Å². The summed E-state index contributed by atoms with van der Waals surface area (Å²) in [5.41, 5.74) is 13.5. The van der Waals surface area contributed by atoms with E-state index in [4.69, 9.17) is 0 Å². The lowest BCUT2D eigenvalue weighted by Gasteiger charge is -2.46. The van der Waals surface area contributed by atoms with Crippen LogP contribution in [0.5, 0.6) is 0 Å². The van der Waals surface area contributed by atoms with Crippen LogP contribution in [0.25, 0.3) is 49.7 Å². The van der Waals surface area contributed by atoms with Gasteiger partial charge in [-0.2, -0.15) is 0 Å². The molecule has 2 aliphatic rings. The average molecular weight is 698 g/mol. The summed E-state index contributed by atoms with van der Waals surface area (Å²) in [5.74, 6) is 0. The Balaban J connectivity index is 1.18. The van der Waals surface area contributed by atoms with E-state index in [1.165, 1.54) is 91.6 Å². The fraction of sp³-hybridized carbons (Fsp3) is 0.0204. The molecule has 11 rings (SSSR count). The lowest BCUT2D eigenvalue weighted by Crippen LogP contribution is -2.36. The molecule has 0 saturated heterocycles. The SMILES string of the molecule is c1ccc(-c2ccc3c(c2)C2(c4ccccc4S3)c3ccccc3Sc3ccc(-c4ccc5c(c4)c4ccccc4n5-c4ccccc4)cc32)cc1. The van der Waals surface area contributed by atoms with E-state index in [0.29, 0.717) is 0 Å². The van der Waals surface area contributed by atoms with E-state index in [-0.39, 0.29) is 0 Å². The van der Waals surface area contributed by atoms with Crippen LogP contribution in [0.1, 0.15) is 22.3 Å². The zero-order valence-corrected chi connectivity index (χ0v) is 29.8. The molecular weight excluding hydrogens is 667 g/mol. The van der Waals surface area contributed by atoms with Crippen LogP contribution in [0, 0.1) is 0 Å². The summed E-state index contributed by atoms with van der Waals surface area (Å²) < 4.78 is 2.39. The van der Waals surface area contributed by atoms with Crippen LogP contribution in [0.15, 0.2) is 208 Å². The molecule has 3 heterocycles. The zero-order valence-electron chi connectivity index (χ0n) is 28.2. The molecule has 1 spiro atoms. The number of hydrogen-bond donors (Lipinski definition) is 0. The number of benzene rings is 8. The maximum atomic E-state index is 2.50. The number of aromatic nitrogens is 1. The van der Waals surface area contributed by atoms with Crippen LogP contribution in [0.4, 0.5) is 0 Å². The second-order valence-corrected chi connectivity index (χ2v) is 15.8. The first-order chi connectivity index (χ1) is 25.8. The standard InChI is InChI=1S/C49H31NS2/c1-3-13-32(14-4-1)34-24-27-47-41(30-34)49(39-18-8-11-21-45(39)51-47)40-19-9-12-22-46(40)52-48-28-25-35(31-42(48)49)33-23-26-44-38(29-33)37-17-7-10-20-43(37)50(44)36-15-5-2-6-16-36/h1-31H. The molecule has 1 aromatic heterocycles. The zero-order chi connectivity index (χ0) is 34.2. The maximum Gasteiger partial charge on any atom is 0.0745 e. The summed E-state index contributed by atoms with van der Waals surface area (Å²) in [5, 5.41) is 2.53. The van der Waals surface area contributed by atoms with Gasteiger partial charge in [0.15, 0.2) is 0 Å². The second-order valence-electron chi connectivity index (χ2n) is 13.7. The molecule has 1 nitrogen and oxygen atoms in total. The van der Waals surface area contributed by atoms with Gasteiger partial charge in [0, 0.05) is 36.0 Å². The van der Waals surface area contributed by atoms with Gasteiger partial charge < -0.3 is 4.57 Å². The molecule has 3 heteroatoms. The summed E-state index contributed by atoms with van der Waals surface area (Å²) >= 11 is 3.80. The molecule has 0 radical (unpaired) electrons. The first-order valence-corrected chi connectivity index (χ1v) is 19.4. The smallest absolute Gasteiger partial charge is 0.0745 e. The first-order valence-electron chi connectivity index (χ1n) is 17.8. The summed E-state index contributed by atoms with van der Waals surface area (Å²) in [6.07, 6.45) is 0. The normalized spacial score (nSPS) is 15.6. The molecule has 1 unspecified atom stereocenters. The molecule has 0 fully saturated rings. The monoisotopic (exact) mass is 697 g/mol. The van der Waals surface area contributed by atoms with Crippen LogP contribution in [0.3, 0.4) is 0 Å². The number of fused-ring (bicyclic) bond motifs is 11. The molecule has 52 heavy (non-hydrogen) atoms. The minimum absolute atomic E-state index is 0.484. The van der Waals surface area contributed by atoms with Crippen LogP contribution in [-0.2, 0) is 5.41 Å². The van der Waals surface area contributed by atoms with E-state index in [2.05, 4.69) is 193 Å². The van der Waals surface area contributed by atoms with Crippen molar-refractivity contribution in [1.29, 1.82) is 0 Å². The topological polar surface area (TPSA) is 4.93 Å². The number of para-hydroxylation sites is 2. The molecule has 1 atom stereocenters. The summed E-state index contributed by atoms with van der Waals surface area (Å²) in [6, 6.07) is 69.8. The second kappa shape index (κ2) is 11.6. The summed E-state index contributed by atoms with van der Waals surface area (Å²) in [4.78, 5) is 5.25. The number of rotatable bonds is 3. The van der Waals surface area contributed by atoms with E-state index in [0.717, 1.165) is 0 Å². The minimum Gasteiger partial charge on any atom is -0.309 e.